The first-order valence-corrected chi connectivity index (χ1v) is 13.6. The molecule has 0 unspecified atom stereocenters. The maximum atomic E-state index is 12.6. The van der Waals surface area contributed by atoms with Crippen molar-refractivity contribution in [1.82, 2.24) is 9.80 Å². The zero-order valence-corrected chi connectivity index (χ0v) is 24.2. The van der Waals surface area contributed by atoms with Crippen LogP contribution in [0.25, 0.3) is 12.2 Å². The van der Waals surface area contributed by atoms with Gasteiger partial charge in [-0.2, -0.15) is 0 Å². The molecule has 0 aromatic heterocycles. The maximum absolute atomic E-state index is 12.6. The van der Waals surface area contributed by atoms with Crippen LogP contribution in [0.5, 0.6) is 23.0 Å². The minimum absolute atomic E-state index is 0.121. The number of likely N-dealkylation sites (N-methyl/N-ethyl adjacent to an activating group) is 1. The van der Waals surface area contributed by atoms with Gasteiger partial charge in [0.15, 0.2) is 34.6 Å². The average molecular weight is 583 g/mol. The van der Waals surface area contributed by atoms with Gasteiger partial charge < -0.3 is 33.7 Å². The average Bonchev–Trinajstić information content (AvgIpc) is 3.01. The van der Waals surface area contributed by atoms with Gasteiger partial charge in [0.1, 0.15) is 6.61 Å². The summed E-state index contributed by atoms with van der Waals surface area (Å²) in [5.41, 5.74) is 1.33. The highest BCUT2D eigenvalue weighted by Crippen LogP contribution is 2.30. The van der Waals surface area contributed by atoms with Gasteiger partial charge in [-0.05, 0) is 47.5 Å². The molecule has 1 N–H and O–H groups in total. The van der Waals surface area contributed by atoms with E-state index in [1.54, 1.807) is 55.6 Å². The van der Waals surface area contributed by atoms with Crippen LogP contribution in [0.2, 0.25) is 0 Å². The predicted octanol–water partition coefficient (Wildman–Crippen LogP) is 3.09. The second-order valence-electron chi connectivity index (χ2n) is 9.41. The van der Waals surface area contributed by atoms with E-state index in [0.29, 0.717) is 48.1 Å². The van der Waals surface area contributed by atoms with Crippen LogP contribution in [-0.2, 0) is 14.3 Å². The number of allylic oxidation sites excluding steroid dienone is 2. The molecule has 1 amide bonds. The molecule has 1 aliphatic rings. The van der Waals surface area contributed by atoms with Crippen molar-refractivity contribution in [3.8, 4) is 23.0 Å². The summed E-state index contributed by atoms with van der Waals surface area (Å²) in [7, 11) is 4.63. The Morgan fingerprint density at radius 3 is 2.05 bits per heavy atom. The number of carbonyl (C=O) groups excluding carboxylic acids is 3. The molecule has 0 radical (unpaired) electrons. The van der Waals surface area contributed by atoms with E-state index in [9.17, 15) is 14.4 Å². The molecule has 0 atom stereocenters. The van der Waals surface area contributed by atoms with Crippen LogP contribution in [0, 0.1) is 0 Å². The highest BCUT2D eigenvalue weighted by atomic mass is 16.6. The van der Waals surface area contributed by atoms with Gasteiger partial charge in [0.2, 0.25) is 0 Å². The third kappa shape index (κ3) is 10.3. The monoisotopic (exact) mass is 582 g/mol. The molecule has 1 heterocycles. The van der Waals surface area contributed by atoms with Crippen molar-refractivity contribution in [2.24, 2.45) is 0 Å². The van der Waals surface area contributed by atoms with E-state index in [2.05, 4.69) is 4.90 Å². The van der Waals surface area contributed by atoms with Crippen LogP contribution in [0.3, 0.4) is 0 Å². The van der Waals surface area contributed by atoms with E-state index >= 15 is 0 Å². The molecule has 2 aromatic carbocycles. The Labute approximate surface area is 245 Å². The number of ether oxygens (including phenoxy) is 5. The van der Waals surface area contributed by atoms with Gasteiger partial charge >= 0.3 is 6.09 Å². The Bertz CT molecular complexity index is 1270. The normalized spacial score (nSPS) is 13.7. The van der Waals surface area contributed by atoms with E-state index in [1.165, 1.54) is 31.3 Å². The Balaban J connectivity index is 1.51. The number of carbonyl (C=O) groups is 3. The fraction of sp³-hybridized carbons (Fsp3) is 0.387. The predicted molar refractivity (Wildman–Crippen MR) is 157 cm³/mol. The Hall–Kier alpha value is -4.19. The maximum Gasteiger partial charge on any atom is 0.415 e. The van der Waals surface area contributed by atoms with Gasteiger partial charge in [-0.1, -0.05) is 24.3 Å². The molecule has 1 aliphatic heterocycles. The quantitative estimate of drug-likeness (QED) is 0.248. The lowest BCUT2D eigenvalue weighted by Gasteiger charge is -2.28. The highest BCUT2D eigenvalue weighted by Gasteiger charge is 2.17. The van der Waals surface area contributed by atoms with E-state index < -0.39 is 6.09 Å². The fourth-order valence-corrected chi connectivity index (χ4v) is 3.98. The largest absolute Gasteiger partial charge is 0.493 e. The van der Waals surface area contributed by atoms with Crippen molar-refractivity contribution in [1.29, 1.82) is 0 Å². The summed E-state index contributed by atoms with van der Waals surface area (Å²) in [6.07, 6.45) is 5.00. The van der Waals surface area contributed by atoms with Crippen LogP contribution < -0.4 is 18.9 Å². The van der Waals surface area contributed by atoms with Crippen molar-refractivity contribution in [2.45, 2.75) is 6.42 Å². The number of morpholine rings is 1. The topological polar surface area (TPSA) is 124 Å². The summed E-state index contributed by atoms with van der Waals surface area (Å²) in [4.78, 5) is 41.0. The number of rotatable bonds is 15. The fourth-order valence-electron chi connectivity index (χ4n) is 3.98. The number of hydrogen-bond acceptors (Lipinski definition) is 10. The smallest absolute Gasteiger partial charge is 0.415 e. The molecule has 2 aromatic rings. The first kappa shape index (κ1) is 32.3. The van der Waals surface area contributed by atoms with E-state index in [4.69, 9.17) is 28.8 Å². The third-order valence-corrected chi connectivity index (χ3v) is 6.36. The molecule has 1 fully saturated rings. The molecule has 0 aliphatic carbocycles. The molecule has 42 heavy (non-hydrogen) atoms. The zero-order chi connectivity index (χ0) is 30.3. The zero-order valence-electron chi connectivity index (χ0n) is 24.2. The standard InChI is InChI=1S/C31H38N2O9/c1-32(12-13-33-14-17-40-18-15-33)31(37)42-28-11-7-24(21-30(28)39-3)5-9-26(36)22-25(35)8-4-23-6-10-27(41-19-16-34)29(20-23)38-2/h4-11,20-21,34H,12-19,22H2,1-3H3/b8-4+,9-5+. The number of nitrogens with zero attached hydrogens (tertiary/aromatic N) is 2. The second kappa shape index (κ2) is 16.9. The number of amides is 1. The number of hydrogen-bond donors (Lipinski definition) is 1. The highest BCUT2D eigenvalue weighted by molar-refractivity contribution is 6.10. The lowest BCUT2D eigenvalue weighted by Crippen LogP contribution is -2.42. The van der Waals surface area contributed by atoms with Crippen LogP contribution in [0.1, 0.15) is 17.5 Å². The molecule has 1 saturated heterocycles. The van der Waals surface area contributed by atoms with Gasteiger partial charge in [0.25, 0.3) is 0 Å². The third-order valence-electron chi connectivity index (χ3n) is 6.36. The van der Waals surface area contributed by atoms with Crippen LogP contribution >= 0.6 is 0 Å². The first-order chi connectivity index (χ1) is 20.3. The molecule has 0 bridgehead atoms. The molecular formula is C31H38N2O9. The Morgan fingerprint density at radius 2 is 1.48 bits per heavy atom. The molecule has 11 nitrogen and oxygen atoms in total. The van der Waals surface area contributed by atoms with Gasteiger partial charge in [0, 0.05) is 33.2 Å². The van der Waals surface area contributed by atoms with Crippen molar-refractivity contribution >= 4 is 29.8 Å². The van der Waals surface area contributed by atoms with Crippen LogP contribution in [-0.4, -0.2) is 106 Å². The number of ketones is 2. The lowest BCUT2D eigenvalue weighted by molar-refractivity contribution is -0.121. The van der Waals surface area contributed by atoms with Gasteiger partial charge in [0.05, 0.1) is 40.5 Å². The number of benzene rings is 2. The number of aliphatic hydroxyl groups excluding tert-OH is 1. The minimum atomic E-state index is -0.504. The SMILES string of the molecule is COc1cc(/C=C/C(=O)CC(=O)/C=C/c2ccc(OC(=O)N(C)CCN3CCOCC3)c(OC)c2)ccc1OCCO. The van der Waals surface area contributed by atoms with Crippen molar-refractivity contribution in [2.75, 3.05) is 73.9 Å². The van der Waals surface area contributed by atoms with Crippen molar-refractivity contribution in [3.05, 3.63) is 59.7 Å². The van der Waals surface area contributed by atoms with Gasteiger partial charge in [-0.3, -0.25) is 14.5 Å². The second-order valence-corrected chi connectivity index (χ2v) is 9.41. The lowest BCUT2D eigenvalue weighted by atomic mass is 10.1. The summed E-state index contributed by atoms with van der Waals surface area (Å²) < 4.78 is 26.9. The van der Waals surface area contributed by atoms with Crippen LogP contribution in [0.4, 0.5) is 4.79 Å². The van der Waals surface area contributed by atoms with Crippen LogP contribution in [0.15, 0.2) is 48.6 Å². The number of aliphatic hydroxyl groups is 1. The summed E-state index contributed by atoms with van der Waals surface area (Å²) in [5, 5.41) is 8.92. The Kier molecular flexibility index (Phi) is 13.0. The van der Waals surface area contributed by atoms with Gasteiger partial charge in [-0.15, -0.1) is 0 Å². The summed E-state index contributed by atoms with van der Waals surface area (Å²) >= 11 is 0. The van der Waals surface area contributed by atoms with E-state index in [-0.39, 0.29) is 37.0 Å². The minimum Gasteiger partial charge on any atom is -0.493 e. The Morgan fingerprint density at radius 1 is 0.905 bits per heavy atom. The first-order valence-electron chi connectivity index (χ1n) is 13.6. The number of methoxy groups -OCH3 is 2. The van der Waals surface area contributed by atoms with Crippen molar-refractivity contribution in [3.63, 3.8) is 0 Å². The summed E-state index contributed by atoms with van der Waals surface area (Å²) in [6.45, 7) is 4.33. The molecular weight excluding hydrogens is 544 g/mol. The van der Waals surface area contributed by atoms with E-state index in [0.717, 1.165) is 19.6 Å². The summed E-state index contributed by atoms with van der Waals surface area (Å²) in [6, 6.07) is 10.0. The molecule has 3 rings (SSSR count). The molecule has 226 valence electrons. The molecule has 0 spiro atoms. The van der Waals surface area contributed by atoms with Crippen molar-refractivity contribution < 1.29 is 43.2 Å². The summed E-state index contributed by atoms with van der Waals surface area (Å²) in [5.74, 6) is 0.804. The molecule has 11 heteroatoms. The molecule has 0 saturated carbocycles. The van der Waals surface area contributed by atoms with Gasteiger partial charge in [-0.25, -0.2) is 4.79 Å². The van der Waals surface area contributed by atoms with E-state index in [1.807, 2.05) is 0 Å².